The van der Waals surface area contributed by atoms with E-state index in [4.69, 9.17) is 0 Å². The third-order valence-electron chi connectivity index (χ3n) is 5.30. The van der Waals surface area contributed by atoms with Crippen molar-refractivity contribution in [1.29, 1.82) is 0 Å². The Morgan fingerprint density at radius 1 is 1.00 bits per heavy atom. The molecular weight excluding hydrogens is 369 g/mol. The second kappa shape index (κ2) is 12.6. The predicted octanol–water partition coefficient (Wildman–Crippen LogP) is 3.52. The Kier molecular flexibility index (Phi) is 11.2. The van der Waals surface area contributed by atoms with Crippen LogP contribution >= 0.6 is 24.8 Å². The number of hydrogen-bond donors (Lipinski definition) is 2. The van der Waals surface area contributed by atoms with E-state index in [0.29, 0.717) is 18.9 Å². The van der Waals surface area contributed by atoms with Gasteiger partial charge < -0.3 is 10.6 Å². The van der Waals surface area contributed by atoms with E-state index in [1.807, 2.05) is 0 Å². The van der Waals surface area contributed by atoms with E-state index in [0.717, 1.165) is 32.5 Å². The van der Waals surface area contributed by atoms with Crippen LogP contribution in [0, 0.1) is 5.92 Å². The molecule has 0 aromatic heterocycles. The fourth-order valence-corrected chi connectivity index (χ4v) is 3.76. The number of benzene rings is 1. The van der Waals surface area contributed by atoms with Crippen LogP contribution in [-0.2, 0) is 17.9 Å². The van der Waals surface area contributed by atoms with Gasteiger partial charge in [-0.15, -0.1) is 24.8 Å². The smallest absolute Gasteiger partial charge is 0.220 e. The van der Waals surface area contributed by atoms with Gasteiger partial charge in [-0.3, -0.25) is 9.69 Å². The molecule has 2 fully saturated rings. The summed E-state index contributed by atoms with van der Waals surface area (Å²) < 4.78 is 0. The van der Waals surface area contributed by atoms with E-state index in [9.17, 15) is 4.79 Å². The van der Waals surface area contributed by atoms with Crippen molar-refractivity contribution in [2.45, 2.75) is 51.6 Å². The van der Waals surface area contributed by atoms with E-state index in [1.54, 1.807) is 0 Å². The summed E-state index contributed by atoms with van der Waals surface area (Å²) in [5.74, 6) is 0.748. The highest BCUT2D eigenvalue weighted by Gasteiger charge is 2.16. The number of amides is 1. The van der Waals surface area contributed by atoms with Gasteiger partial charge in [0.2, 0.25) is 5.91 Å². The highest BCUT2D eigenvalue weighted by Crippen LogP contribution is 2.16. The molecule has 2 aliphatic rings. The maximum atomic E-state index is 12.1. The van der Waals surface area contributed by atoms with Crippen molar-refractivity contribution < 1.29 is 4.79 Å². The molecule has 6 heteroatoms. The summed E-state index contributed by atoms with van der Waals surface area (Å²) in [5, 5.41) is 6.42. The fraction of sp³-hybridized carbons (Fsp3) is 0.650. The standard InChI is InChI=1S/C20H31N3O.2ClH/c24-20(14-17-8-10-21-11-9-17)22-15-18-4-6-19(7-5-18)16-23-12-2-1-3-13-23;;/h4-7,17,21H,1-3,8-16H2,(H,22,24);2*1H. The zero-order valence-corrected chi connectivity index (χ0v) is 17.2. The van der Waals surface area contributed by atoms with Gasteiger partial charge in [0, 0.05) is 19.5 Å². The lowest BCUT2D eigenvalue weighted by Crippen LogP contribution is -2.32. The number of likely N-dealkylation sites (tertiary alicyclic amines) is 1. The molecule has 2 heterocycles. The number of carbonyl (C=O) groups is 1. The molecule has 26 heavy (non-hydrogen) atoms. The summed E-state index contributed by atoms with van der Waals surface area (Å²) >= 11 is 0. The number of carbonyl (C=O) groups excluding carboxylic acids is 1. The highest BCUT2D eigenvalue weighted by molar-refractivity contribution is 5.85. The van der Waals surface area contributed by atoms with Crippen LogP contribution in [0.4, 0.5) is 0 Å². The van der Waals surface area contributed by atoms with E-state index in [-0.39, 0.29) is 30.7 Å². The first-order valence-corrected chi connectivity index (χ1v) is 9.57. The predicted molar refractivity (Wildman–Crippen MR) is 112 cm³/mol. The van der Waals surface area contributed by atoms with Gasteiger partial charge in [0.05, 0.1) is 0 Å². The Morgan fingerprint density at radius 3 is 2.27 bits per heavy atom. The van der Waals surface area contributed by atoms with Gasteiger partial charge in [0.25, 0.3) is 0 Å². The lowest BCUT2D eigenvalue weighted by Gasteiger charge is -2.26. The third kappa shape index (κ3) is 7.83. The summed E-state index contributed by atoms with van der Waals surface area (Å²) in [7, 11) is 0. The van der Waals surface area contributed by atoms with Crippen LogP contribution in [0.2, 0.25) is 0 Å². The van der Waals surface area contributed by atoms with Crippen LogP contribution in [0.3, 0.4) is 0 Å². The summed E-state index contributed by atoms with van der Waals surface area (Å²) in [6.07, 6.45) is 6.97. The molecule has 2 N–H and O–H groups in total. The molecule has 4 nitrogen and oxygen atoms in total. The molecule has 2 saturated heterocycles. The maximum Gasteiger partial charge on any atom is 0.220 e. The minimum absolute atomic E-state index is 0. The maximum absolute atomic E-state index is 12.1. The normalized spacial score (nSPS) is 18.5. The van der Waals surface area contributed by atoms with Gasteiger partial charge in [-0.05, 0) is 68.9 Å². The number of nitrogens with zero attached hydrogens (tertiary/aromatic N) is 1. The molecule has 0 saturated carbocycles. The largest absolute Gasteiger partial charge is 0.352 e. The second-order valence-corrected chi connectivity index (χ2v) is 7.33. The van der Waals surface area contributed by atoms with Crippen LogP contribution in [-0.4, -0.2) is 37.0 Å². The fourth-order valence-electron chi connectivity index (χ4n) is 3.76. The third-order valence-corrected chi connectivity index (χ3v) is 5.30. The Balaban J connectivity index is 0.00000169. The lowest BCUT2D eigenvalue weighted by atomic mass is 9.94. The summed E-state index contributed by atoms with van der Waals surface area (Å²) in [5.41, 5.74) is 2.57. The molecule has 0 unspecified atom stereocenters. The van der Waals surface area contributed by atoms with Gasteiger partial charge in [-0.25, -0.2) is 0 Å². The molecule has 0 radical (unpaired) electrons. The average Bonchev–Trinajstić information content (AvgIpc) is 2.63. The second-order valence-electron chi connectivity index (χ2n) is 7.33. The van der Waals surface area contributed by atoms with Gasteiger partial charge in [0.1, 0.15) is 0 Å². The SMILES string of the molecule is Cl.Cl.O=C(CC1CCNCC1)NCc1ccc(CN2CCCCC2)cc1. The van der Waals surface area contributed by atoms with Gasteiger partial charge in [0.15, 0.2) is 0 Å². The molecule has 2 aliphatic heterocycles. The molecule has 0 spiro atoms. The van der Waals surface area contributed by atoms with E-state index in [1.165, 1.54) is 43.5 Å². The first kappa shape index (κ1) is 23.2. The van der Waals surface area contributed by atoms with Gasteiger partial charge in [-0.2, -0.15) is 0 Å². The van der Waals surface area contributed by atoms with Crippen molar-refractivity contribution in [3.63, 3.8) is 0 Å². The molecule has 148 valence electrons. The molecule has 1 amide bonds. The number of hydrogen-bond acceptors (Lipinski definition) is 3. The van der Waals surface area contributed by atoms with Crippen molar-refractivity contribution in [2.24, 2.45) is 5.92 Å². The average molecular weight is 402 g/mol. The van der Waals surface area contributed by atoms with Gasteiger partial charge in [-0.1, -0.05) is 30.7 Å². The lowest BCUT2D eigenvalue weighted by molar-refractivity contribution is -0.122. The number of piperidine rings is 2. The Hall–Kier alpha value is -0.810. The van der Waals surface area contributed by atoms with Crippen molar-refractivity contribution in [2.75, 3.05) is 26.2 Å². The first-order valence-electron chi connectivity index (χ1n) is 9.57. The topological polar surface area (TPSA) is 44.4 Å². The van der Waals surface area contributed by atoms with Crippen molar-refractivity contribution in [3.05, 3.63) is 35.4 Å². The zero-order valence-electron chi connectivity index (χ0n) is 15.5. The van der Waals surface area contributed by atoms with Gasteiger partial charge >= 0.3 is 0 Å². The van der Waals surface area contributed by atoms with Crippen LogP contribution < -0.4 is 10.6 Å². The minimum Gasteiger partial charge on any atom is -0.352 e. The zero-order chi connectivity index (χ0) is 16.6. The number of rotatable bonds is 6. The molecular formula is C20H33Cl2N3O. The van der Waals surface area contributed by atoms with Crippen LogP contribution in [0.5, 0.6) is 0 Å². The number of halogens is 2. The van der Waals surface area contributed by atoms with E-state index in [2.05, 4.69) is 39.8 Å². The first-order chi connectivity index (χ1) is 11.8. The Labute approximate surface area is 170 Å². The number of nitrogens with one attached hydrogen (secondary N) is 2. The molecule has 0 bridgehead atoms. The van der Waals surface area contributed by atoms with Crippen molar-refractivity contribution in [1.82, 2.24) is 15.5 Å². The summed E-state index contributed by atoms with van der Waals surface area (Å²) in [6, 6.07) is 8.74. The molecule has 3 rings (SSSR count). The Morgan fingerprint density at radius 2 is 1.62 bits per heavy atom. The van der Waals surface area contributed by atoms with Crippen LogP contribution in [0.15, 0.2) is 24.3 Å². The summed E-state index contributed by atoms with van der Waals surface area (Å²) in [6.45, 7) is 6.27. The quantitative estimate of drug-likeness (QED) is 0.765. The highest BCUT2D eigenvalue weighted by atomic mass is 35.5. The summed E-state index contributed by atoms with van der Waals surface area (Å²) in [4.78, 5) is 14.6. The van der Waals surface area contributed by atoms with Crippen LogP contribution in [0.1, 0.15) is 49.7 Å². The Bertz CT molecular complexity index is 512. The molecule has 0 aliphatic carbocycles. The van der Waals surface area contributed by atoms with E-state index < -0.39 is 0 Å². The molecule has 0 atom stereocenters. The van der Waals surface area contributed by atoms with Crippen LogP contribution in [0.25, 0.3) is 0 Å². The van der Waals surface area contributed by atoms with Crippen molar-refractivity contribution in [3.8, 4) is 0 Å². The van der Waals surface area contributed by atoms with E-state index >= 15 is 0 Å². The molecule has 1 aromatic carbocycles. The molecule has 1 aromatic rings. The minimum atomic E-state index is 0. The van der Waals surface area contributed by atoms with Crippen molar-refractivity contribution >= 4 is 30.7 Å². The monoisotopic (exact) mass is 401 g/mol.